The predicted octanol–water partition coefficient (Wildman–Crippen LogP) is -0.231. The summed E-state index contributed by atoms with van der Waals surface area (Å²) < 4.78 is 0. The molecule has 5 nitrogen and oxygen atoms in total. The van der Waals surface area contributed by atoms with E-state index < -0.39 is 0 Å². The van der Waals surface area contributed by atoms with Crippen LogP contribution in [0.1, 0.15) is 32.6 Å². The minimum atomic E-state index is -0.141. The lowest BCUT2D eigenvalue weighted by atomic mass is 9.94. The van der Waals surface area contributed by atoms with Gasteiger partial charge < -0.3 is 16.0 Å². The van der Waals surface area contributed by atoms with E-state index in [4.69, 9.17) is 0 Å². The molecule has 2 aliphatic rings. The molecule has 0 aromatic rings. The second-order valence-corrected chi connectivity index (χ2v) is 5.04. The van der Waals surface area contributed by atoms with Crippen LogP contribution in [0.25, 0.3) is 0 Å². The quantitative estimate of drug-likeness (QED) is 0.623. The Balaban J connectivity index is 1.85. The van der Waals surface area contributed by atoms with Crippen LogP contribution >= 0.6 is 0 Å². The number of nitrogens with one attached hydrogen (secondary N) is 3. The summed E-state index contributed by atoms with van der Waals surface area (Å²) in [5, 5.41) is 9.18. The third-order valence-corrected chi connectivity index (χ3v) is 3.71. The van der Waals surface area contributed by atoms with Crippen molar-refractivity contribution in [2.24, 2.45) is 5.92 Å². The van der Waals surface area contributed by atoms with Crippen LogP contribution in [0.15, 0.2) is 0 Å². The molecule has 2 amide bonds. The van der Waals surface area contributed by atoms with Crippen molar-refractivity contribution in [2.75, 3.05) is 13.1 Å². The van der Waals surface area contributed by atoms with Crippen LogP contribution in [0.3, 0.4) is 0 Å². The average Bonchev–Trinajstić information content (AvgIpc) is 2.32. The molecule has 2 fully saturated rings. The van der Waals surface area contributed by atoms with Gasteiger partial charge in [-0.25, -0.2) is 0 Å². The van der Waals surface area contributed by atoms with Gasteiger partial charge >= 0.3 is 0 Å². The molecule has 3 atom stereocenters. The fourth-order valence-electron chi connectivity index (χ4n) is 2.55. The summed E-state index contributed by atoms with van der Waals surface area (Å²) in [6, 6.07) is 0.534. The van der Waals surface area contributed by atoms with Gasteiger partial charge in [0.1, 0.15) is 0 Å². The smallest absolute Gasteiger partial charge is 0.223 e. The molecule has 3 unspecified atom stereocenters. The number of amides is 2. The first-order chi connectivity index (χ1) is 8.16. The van der Waals surface area contributed by atoms with Gasteiger partial charge in [-0.3, -0.25) is 9.59 Å². The lowest BCUT2D eigenvalue weighted by Gasteiger charge is -2.32. The molecule has 2 heterocycles. The lowest BCUT2D eigenvalue weighted by molar-refractivity contribution is -0.133. The summed E-state index contributed by atoms with van der Waals surface area (Å²) in [6.07, 6.45) is 3.21. The Morgan fingerprint density at radius 3 is 2.88 bits per heavy atom. The Morgan fingerprint density at radius 2 is 2.18 bits per heavy atom. The van der Waals surface area contributed by atoms with Crippen molar-refractivity contribution in [3.05, 3.63) is 0 Å². The summed E-state index contributed by atoms with van der Waals surface area (Å²) >= 11 is 0. The van der Waals surface area contributed by atoms with Crippen LogP contribution in [0.5, 0.6) is 0 Å². The maximum absolute atomic E-state index is 12.0. The third kappa shape index (κ3) is 3.19. The van der Waals surface area contributed by atoms with Gasteiger partial charge in [-0.05, 0) is 32.7 Å². The van der Waals surface area contributed by atoms with E-state index in [1.807, 2.05) is 0 Å². The van der Waals surface area contributed by atoms with E-state index in [0.29, 0.717) is 19.0 Å². The molecule has 2 saturated heterocycles. The first-order valence-corrected chi connectivity index (χ1v) is 6.47. The first-order valence-electron chi connectivity index (χ1n) is 6.47. The zero-order chi connectivity index (χ0) is 12.3. The van der Waals surface area contributed by atoms with E-state index in [1.165, 1.54) is 0 Å². The predicted molar refractivity (Wildman–Crippen MR) is 64.4 cm³/mol. The fraction of sp³-hybridized carbons (Fsp3) is 0.833. The molecule has 17 heavy (non-hydrogen) atoms. The Morgan fingerprint density at radius 1 is 1.35 bits per heavy atom. The Kier molecular flexibility index (Phi) is 3.99. The van der Waals surface area contributed by atoms with Crippen molar-refractivity contribution < 1.29 is 9.59 Å². The maximum Gasteiger partial charge on any atom is 0.223 e. The molecule has 2 aliphatic heterocycles. The number of carbonyl (C=O) groups excluding carboxylic acids is 2. The normalized spacial score (nSPS) is 33.9. The van der Waals surface area contributed by atoms with E-state index in [2.05, 4.69) is 22.9 Å². The molecule has 0 aromatic heterocycles. The summed E-state index contributed by atoms with van der Waals surface area (Å²) in [7, 11) is 0. The van der Waals surface area contributed by atoms with Gasteiger partial charge in [0.25, 0.3) is 0 Å². The molecule has 96 valence electrons. The molecule has 2 rings (SSSR count). The highest BCUT2D eigenvalue weighted by molar-refractivity contribution is 5.87. The summed E-state index contributed by atoms with van der Waals surface area (Å²) in [4.78, 5) is 23.3. The van der Waals surface area contributed by atoms with Gasteiger partial charge in [-0.15, -0.1) is 0 Å². The monoisotopic (exact) mass is 239 g/mol. The number of hydrogen-bond acceptors (Lipinski definition) is 3. The number of piperidine rings is 2. The topological polar surface area (TPSA) is 70.2 Å². The highest BCUT2D eigenvalue weighted by atomic mass is 16.2. The van der Waals surface area contributed by atoms with Crippen LogP contribution < -0.4 is 16.0 Å². The van der Waals surface area contributed by atoms with Gasteiger partial charge in [0, 0.05) is 31.0 Å². The lowest BCUT2D eigenvalue weighted by Crippen LogP contribution is -2.54. The summed E-state index contributed by atoms with van der Waals surface area (Å²) in [5.74, 6) is -0.107. The highest BCUT2D eigenvalue weighted by Gasteiger charge is 2.29. The minimum Gasteiger partial charge on any atom is -0.356 e. The van der Waals surface area contributed by atoms with Crippen molar-refractivity contribution in [2.45, 2.75) is 44.7 Å². The third-order valence-electron chi connectivity index (χ3n) is 3.71. The Bertz CT molecular complexity index is 306. The summed E-state index contributed by atoms with van der Waals surface area (Å²) in [6.45, 7) is 3.74. The van der Waals surface area contributed by atoms with E-state index in [9.17, 15) is 9.59 Å². The highest BCUT2D eigenvalue weighted by Crippen LogP contribution is 2.15. The molecule has 3 N–H and O–H groups in total. The van der Waals surface area contributed by atoms with Gasteiger partial charge in [0.2, 0.25) is 11.8 Å². The van der Waals surface area contributed by atoms with Crippen molar-refractivity contribution in [3.8, 4) is 0 Å². The zero-order valence-corrected chi connectivity index (χ0v) is 10.3. The molecule has 0 aromatic carbocycles. The maximum atomic E-state index is 12.0. The van der Waals surface area contributed by atoms with Crippen LogP contribution in [0.2, 0.25) is 0 Å². The largest absolute Gasteiger partial charge is 0.356 e. The van der Waals surface area contributed by atoms with Crippen molar-refractivity contribution in [1.29, 1.82) is 0 Å². The molecule has 5 heteroatoms. The summed E-state index contributed by atoms with van der Waals surface area (Å²) in [5.41, 5.74) is 0. The van der Waals surface area contributed by atoms with E-state index >= 15 is 0 Å². The zero-order valence-electron chi connectivity index (χ0n) is 10.3. The van der Waals surface area contributed by atoms with E-state index in [-0.39, 0.29) is 23.8 Å². The van der Waals surface area contributed by atoms with Crippen LogP contribution in [0.4, 0.5) is 0 Å². The van der Waals surface area contributed by atoms with Gasteiger partial charge in [0.15, 0.2) is 0 Å². The van der Waals surface area contributed by atoms with Gasteiger partial charge in [-0.1, -0.05) is 0 Å². The molecule has 0 bridgehead atoms. The average molecular weight is 239 g/mol. The van der Waals surface area contributed by atoms with Crippen LogP contribution in [0, 0.1) is 5.92 Å². The molecule has 0 spiro atoms. The van der Waals surface area contributed by atoms with Crippen LogP contribution in [-0.4, -0.2) is 37.0 Å². The van der Waals surface area contributed by atoms with E-state index in [1.54, 1.807) is 0 Å². The van der Waals surface area contributed by atoms with Crippen molar-refractivity contribution >= 4 is 11.8 Å². The molecular weight excluding hydrogens is 218 g/mol. The van der Waals surface area contributed by atoms with E-state index in [0.717, 1.165) is 25.8 Å². The van der Waals surface area contributed by atoms with Crippen molar-refractivity contribution in [3.63, 3.8) is 0 Å². The second kappa shape index (κ2) is 5.49. The van der Waals surface area contributed by atoms with Gasteiger partial charge in [0.05, 0.1) is 0 Å². The molecule has 0 saturated carbocycles. The fourth-order valence-corrected chi connectivity index (χ4v) is 2.55. The number of carbonyl (C=O) groups is 2. The second-order valence-electron chi connectivity index (χ2n) is 5.04. The standard InChI is InChI=1S/C12H21N3O2/c1-8-10(3-2-5-13-8)15-12(17)9-4-6-14-11(16)7-9/h8-10,13H,2-7H2,1H3,(H,14,16)(H,15,17). The minimum absolute atomic E-state index is 0.00813. The molecular formula is C12H21N3O2. The Hall–Kier alpha value is -1.10. The number of hydrogen-bond donors (Lipinski definition) is 3. The van der Waals surface area contributed by atoms with Crippen LogP contribution in [-0.2, 0) is 9.59 Å². The SMILES string of the molecule is CC1NCCCC1NC(=O)C1CCNC(=O)C1. The van der Waals surface area contributed by atoms with Crippen molar-refractivity contribution in [1.82, 2.24) is 16.0 Å². The first kappa shape index (κ1) is 12.4. The molecule has 0 radical (unpaired) electrons. The Labute approximate surface area is 102 Å². The number of rotatable bonds is 2. The van der Waals surface area contributed by atoms with Gasteiger partial charge in [-0.2, -0.15) is 0 Å². The molecule has 0 aliphatic carbocycles.